The topological polar surface area (TPSA) is 50.5 Å². The molecule has 3 N–H and O–H groups in total. The average Bonchev–Trinajstić information content (AvgIpc) is 2.19. The van der Waals surface area contributed by atoms with Gasteiger partial charge in [-0.1, -0.05) is 6.08 Å². The molecule has 1 fully saturated rings. The number of hydrazine groups is 1. The quantitative estimate of drug-likeness (QED) is 0.375. The fourth-order valence-corrected chi connectivity index (χ4v) is 1.73. The molecule has 0 bridgehead atoms. The van der Waals surface area contributed by atoms with Gasteiger partial charge < -0.3 is 9.64 Å². The van der Waals surface area contributed by atoms with Crippen LogP contribution in [0.4, 0.5) is 0 Å². The van der Waals surface area contributed by atoms with Crippen LogP contribution in [0, 0.1) is 0 Å². The Morgan fingerprint density at radius 2 is 2.57 bits per heavy atom. The zero-order chi connectivity index (χ0) is 10.4. The molecule has 0 aromatic heterocycles. The van der Waals surface area contributed by atoms with Gasteiger partial charge in [-0.05, 0) is 19.9 Å². The summed E-state index contributed by atoms with van der Waals surface area (Å²) in [6, 6.07) is 0.232. The molecule has 4 nitrogen and oxygen atoms in total. The Kier molecular flexibility index (Phi) is 5.11. The predicted molar refractivity (Wildman–Crippen MR) is 57.8 cm³/mol. The Morgan fingerprint density at radius 1 is 1.79 bits per heavy atom. The standard InChI is InChI=1S/C10H21N3O/c1-3-4-5-9(12-11)10-8-13(2)6-7-14-10/h3,9-10,12H,1,4-8,11H2,2H3. The molecule has 0 spiro atoms. The van der Waals surface area contributed by atoms with Gasteiger partial charge in [-0.15, -0.1) is 6.58 Å². The molecular formula is C10H21N3O. The second kappa shape index (κ2) is 6.14. The Balaban J connectivity index is 2.37. The van der Waals surface area contributed by atoms with Crippen LogP contribution in [0.2, 0.25) is 0 Å². The Bertz CT molecular complexity index is 175. The summed E-state index contributed by atoms with van der Waals surface area (Å²) in [7, 11) is 2.11. The van der Waals surface area contributed by atoms with E-state index in [0.717, 1.165) is 32.5 Å². The molecule has 1 aliphatic rings. The van der Waals surface area contributed by atoms with Gasteiger partial charge in [-0.2, -0.15) is 0 Å². The van der Waals surface area contributed by atoms with Crippen LogP contribution in [0.25, 0.3) is 0 Å². The van der Waals surface area contributed by atoms with Crippen LogP contribution in [0.1, 0.15) is 12.8 Å². The Hall–Kier alpha value is -0.420. The first-order valence-electron chi connectivity index (χ1n) is 5.15. The van der Waals surface area contributed by atoms with Crippen molar-refractivity contribution in [2.45, 2.75) is 25.0 Å². The van der Waals surface area contributed by atoms with E-state index in [9.17, 15) is 0 Å². The molecule has 0 aromatic rings. The van der Waals surface area contributed by atoms with Crippen molar-refractivity contribution in [2.75, 3.05) is 26.7 Å². The smallest absolute Gasteiger partial charge is 0.0868 e. The zero-order valence-corrected chi connectivity index (χ0v) is 8.91. The average molecular weight is 199 g/mol. The fraction of sp³-hybridized carbons (Fsp3) is 0.800. The minimum Gasteiger partial charge on any atom is -0.374 e. The van der Waals surface area contributed by atoms with Gasteiger partial charge in [0.25, 0.3) is 0 Å². The SMILES string of the molecule is C=CCCC(NN)C1CN(C)CCO1. The van der Waals surface area contributed by atoms with E-state index in [1.165, 1.54) is 0 Å². The van der Waals surface area contributed by atoms with Crippen molar-refractivity contribution in [3.63, 3.8) is 0 Å². The highest BCUT2D eigenvalue weighted by Crippen LogP contribution is 2.11. The summed E-state index contributed by atoms with van der Waals surface area (Å²) in [6.45, 7) is 6.47. The van der Waals surface area contributed by atoms with Crippen molar-refractivity contribution in [3.05, 3.63) is 12.7 Å². The van der Waals surface area contributed by atoms with E-state index in [1.807, 2.05) is 6.08 Å². The number of nitrogens with zero attached hydrogens (tertiary/aromatic N) is 1. The van der Waals surface area contributed by atoms with Crippen LogP contribution in [0.3, 0.4) is 0 Å². The van der Waals surface area contributed by atoms with E-state index in [2.05, 4.69) is 24.0 Å². The van der Waals surface area contributed by atoms with Crippen molar-refractivity contribution < 1.29 is 4.74 Å². The molecule has 14 heavy (non-hydrogen) atoms. The number of allylic oxidation sites excluding steroid dienone is 1. The van der Waals surface area contributed by atoms with Crippen LogP contribution in [0.15, 0.2) is 12.7 Å². The van der Waals surface area contributed by atoms with Crippen LogP contribution in [-0.2, 0) is 4.74 Å². The van der Waals surface area contributed by atoms with Gasteiger partial charge in [0.1, 0.15) is 0 Å². The van der Waals surface area contributed by atoms with Crippen molar-refractivity contribution in [2.24, 2.45) is 5.84 Å². The highest BCUT2D eigenvalue weighted by atomic mass is 16.5. The molecule has 4 heteroatoms. The first-order valence-corrected chi connectivity index (χ1v) is 5.15. The summed E-state index contributed by atoms with van der Waals surface area (Å²) < 4.78 is 5.68. The fourth-order valence-electron chi connectivity index (χ4n) is 1.73. The third kappa shape index (κ3) is 3.38. The summed E-state index contributed by atoms with van der Waals surface area (Å²) in [4.78, 5) is 2.27. The van der Waals surface area contributed by atoms with Crippen molar-refractivity contribution in [1.82, 2.24) is 10.3 Å². The van der Waals surface area contributed by atoms with Gasteiger partial charge in [-0.25, -0.2) is 0 Å². The largest absolute Gasteiger partial charge is 0.374 e. The second-order valence-electron chi connectivity index (χ2n) is 3.81. The minimum atomic E-state index is 0.207. The summed E-state index contributed by atoms with van der Waals surface area (Å²) in [5.41, 5.74) is 2.83. The van der Waals surface area contributed by atoms with Crippen LogP contribution >= 0.6 is 0 Å². The van der Waals surface area contributed by atoms with Crippen LogP contribution in [-0.4, -0.2) is 43.8 Å². The van der Waals surface area contributed by atoms with Crippen LogP contribution in [0.5, 0.6) is 0 Å². The van der Waals surface area contributed by atoms with Crippen molar-refractivity contribution in [3.8, 4) is 0 Å². The molecule has 0 radical (unpaired) electrons. The van der Waals surface area contributed by atoms with E-state index >= 15 is 0 Å². The maximum Gasteiger partial charge on any atom is 0.0868 e. The second-order valence-corrected chi connectivity index (χ2v) is 3.81. The van der Waals surface area contributed by atoms with Gasteiger partial charge in [0.15, 0.2) is 0 Å². The van der Waals surface area contributed by atoms with Gasteiger partial charge in [-0.3, -0.25) is 11.3 Å². The number of hydrogen-bond donors (Lipinski definition) is 2. The highest BCUT2D eigenvalue weighted by molar-refractivity contribution is 4.83. The Morgan fingerprint density at radius 3 is 3.14 bits per heavy atom. The molecule has 1 rings (SSSR count). The first-order chi connectivity index (χ1) is 6.77. The lowest BCUT2D eigenvalue weighted by molar-refractivity contribution is -0.0397. The summed E-state index contributed by atoms with van der Waals surface area (Å²) in [6.07, 6.45) is 4.08. The predicted octanol–water partition coefficient (Wildman–Crippen LogP) is 0.115. The van der Waals surface area contributed by atoms with Gasteiger partial charge in [0.2, 0.25) is 0 Å². The molecule has 82 valence electrons. The molecule has 0 aromatic carbocycles. The van der Waals surface area contributed by atoms with E-state index in [-0.39, 0.29) is 12.1 Å². The molecule has 0 aliphatic carbocycles. The van der Waals surface area contributed by atoms with Gasteiger partial charge >= 0.3 is 0 Å². The highest BCUT2D eigenvalue weighted by Gasteiger charge is 2.25. The van der Waals surface area contributed by atoms with E-state index in [4.69, 9.17) is 10.6 Å². The summed E-state index contributed by atoms with van der Waals surface area (Å²) in [5, 5.41) is 0. The summed E-state index contributed by atoms with van der Waals surface area (Å²) >= 11 is 0. The molecular weight excluding hydrogens is 178 g/mol. The maximum absolute atomic E-state index is 5.68. The van der Waals surface area contributed by atoms with E-state index in [0.29, 0.717) is 0 Å². The molecule has 0 saturated carbocycles. The van der Waals surface area contributed by atoms with Gasteiger partial charge in [0.05, 0.1) is 12.7 Å². The molecule has 0 amide bonds. The number of morpholine rings is 1. The third-order valence-corrected chi connectivity index (χ3v) is 2.64. The lowest BCUT2D eigenvalue weighted by Crippen LogP contribution is -2.53. The normalized spacial score (nSPS) is 26.0. The molecule has 2 atom stereocenters. The zero-order valence-electron chi connectivity index (χ0n) is 8.91. The molecule has 1 saturated heterocycles. The Labute approximate surface area is 86.1 Å². The lowest BCUT2D eigenvalue weighted by Gasteiger charge is -2.34. The van der Waals surface area contributed by atoms with E-state index < -0.39 is 0 Å². The summed E-state index contributed by atoms with van der Waals surface area (Å²) in [5.74, 6) is 5.51. The lowest BCUT2D eigenvalue weighted by atomic mass is 10.0. The molecule has 1 aliphatic heterocycles. The van der Waals surface area contributed by atoms with Crippen molar-refractivity contribution >= 4 is 0 Å². The number of hydrogen-bond acceptors (Lipinski definition) is 4. The minimum absolute atomic E-state index is 0.207. The molecule has 1 heterocycles. The van der Waals surface area contributed by atoms with Crippen LogP contribution < -0.4 is 11.3 Å². The maximum atomic E-state index is 5.68. The number of likely N-dealkylation sites (N-methyl/N-ethyl adjacent to an activating group) is 1. The number of nitrogens with one attached hydrogen (secondary N) is 1. The van der Waals surface area contributed by atoms with Crippen molar-refractivity contribution in [1.29, 1.82) is 0 Å². The third-order valence-electron chi connectivity index (χ3n) is 2.64. The van der Waals surface area contributed by atoms with Gasteiger partial charge in [0, 0.05) is 19.1 Å². The number of nitrogens with two attached hydrogens (primary N) is 1. The first kappa shape index (κ1) is 11.7. The molecule has 2 unspecified atom stereocenters. The monoisotopic (exact) mass is 199 g/mol. The number of ether oxygens (including phenoxy) is 1. The number of rotatable bonds is 5. The van der Waals surface area contributed by atoms with E-state index in [1.54, 1.807) is 0 Å².